The summed E-state index contributed by atoms with van der Waals surface area (Å²) in [5.41, 5.74) is 0. The Kier molecular flexibility index (Phi) is 67.7. The van der Waals surface area contributed by atoms with Crippen molar-refractivity contribution in [2.24, 2.45) is 5.92 Å². The second-order valence-electron chi connectivity index (χ2n) is 27.9. The Morgan fingerprint density at radius 2 is 0.484 bits per heavy atom. The van der Waals surface area contributed by atoms with Gasteiger partial charge in [-0.05, 0) is 31.6 Å². The molecular formula is C76H148O17P2. The molecule has 3 N–H and O–H groups in total. The average molecular weight is 1400 g/mol. The average Bonchev–Trinajstić information content (AvgIpc) is 1.43. The first-order valence-corrected chi connectivity index (χ1v) is 42.6. The van der Waals surface area contributed by atoms with E-state index in [1.165, 1.54) is 212 Å². The molecule has 0 amide bonds. The molecule has 0 aromatic heterocycles. The van der Waals surface area contributed by atoms with Crippen molar-refractivity contribution in [3.63, 3.8) is 0 Å². The van der Waals surface area contributed by atoms with E-state index in [9.17, 15) is 43.2 Å². The Balaban J connectivity index is 5.18. The van der Waals surface area contributed by atoms with Crippen LogP contribution in [0.5, 0.6) is 0 Å². The smallest absolute Gasteiger partial charge is 0.462 e. The number of rotatable bonds is 76. The van der Waals surface area contributed by atoms with E-state index >= 15 is 0 Å². The van der Waals surface area contributed by atoms with E-state index in [0.29, 0.717) is 25.7 Å². The van der Waals surface area contributed by atoms with Crippen LogP contribution in [0.15, 0.2) is 0 Å². The summed E-state index contributed by atoms with van der Waals surface area (Å²) in [4.78, 5) is 72.7. The molecule has 0 aliphatic carbocycles. The monoisotopic (exact) mass is 1400 g/mol. The highest BCUT2D eigenvalue weighted by Crippen LogP contribution is 2.45. The highest BCUT2D eigenvalue weighted by molar-refractivity contribution is 7.47. The minimum atomic E-state index is -4.96. The molecule has 564 valence electrons. The minimum absolute atomic E-state index is 0.108. The van der Waals surface area contributed by atoms with Crippen LogP contribution in [-0.4, -0.2) is 96.7 Å². The van der Waals surface area contributed by atoms with Crippen molar-refractivity contribution in [2.75, 3.05) is 39.6 Å². The zero-order chi connectivity index (χ0) is 69.8. The van der Waals surface area contributed by atoms with Crippen LogP contribution in [-0.2, 0) is 65.4 Å². The lowest BCUT2D eigenvalue weighted by Gasteiger charge is -2.21. The molecule has 95 heavy (non-hydrogen) atoms. The van der Waals surface area contributed by atoms with Crippen molar-refractivity contribution in [3.8, 4) is 0 Å². The standard InChI is InChI=1S/C76H148O17P2/c1-6-9-12-15-18-20-22-24-25-26-27-28-29-30-32-38-42-47-52-57-62-76(81)93-72(66-87-74(79)60-55-50-45-40-36-34-33-35-39-44-48-53-58-69(4)5)68-91-95(84,85)89-64-70(77)63-88-94(82,83)90-67-71(65-86-73(78)59-54-49-43-17-14-11-8-3)92-75(80)61-56-51-46-41-37-31-23-21-19-16-13-10-7-2/h69-72,77H,6-68H2,1-5H3,(H,82,83)(H,84,85)/t70-,71+,72+/m0/s1. The summed E-state index contributed by atoms with van der Waals surface area (Å²) in [5.74, 6) is -1.34. The molecule has 0 radical (unpaired) electrons. The van der Waals surface area contributed by atoms with Gasteiger partial charge in [0.15, 0.2) is 12.2 Å². The lowest BCUT2D eigenvalue weighted by Crippen LogP contribution is -2.30. The Hall–Kier alpha value is -1.94. The third-order valence-corrected chi connectivity index (χ3v) is 19.7. The number of esters is 4. The third kappa shape index (κ3) is 70.3. The summed E-state index contributed by atoms with van der Waals surface area (Å²) < 4.78 is 68.4. The molecule has 0 rings (SSSR count). The molecule has 0 saturated carbocycles. The molecule has 2 unspecified atom stereocenters. The normalized spacial score (nSPS) is 13.9. The Labute approximate surface area is 581 Å². The number of carbonyl (C=O) groups excluding carboxylic acids is 4. The molecule has 0 bridgehead atoms. The topological polar surface area (TPSA) is 237 Å². The highest BCUT2D eigenvalue weighted by atomic mass is 31.2. The molecule has 0 aromatic rings. The van der Waals surface area contributed by atoms with Gasteiger partial charge in [-0.15, -0.1) is 0 Å². The SMILES string of the molecule is CCCCCCCCCCCCCCCCCCCCCCC(=O)O[C@H](COC(=O)CCCCCCCCCCCCCCC(C)C)COP(=O)(O)OC[C@@H](O)COP(=O)(O)OC[C@@H](COC(=O)CCCCCCCCC)OC(=O)CCCCCCCCCCCCCCC. The van der Waals surface area contributed by atoms with Gasteiger partial charge in [-0.3, -0.25) is 37.3 Å². The maximum Gasteiger partial charge on any atom is 0.472 e. The van der Waals surface area contributed by atoms with Gasteiger partial charge in [0.05, 0.1) is 26.4 Å². The van der Waals surface area contributed by atoms with Crippen LogP contribution in [0.25, 0.3) is 0 Å². The number of hydrogen-bond acceptors (Lipinski definition) is 15. The van der Waals surface area contributed by atoms with Gasteiger partial charge in [0.1, 0.15) is 19.3 Å². The first-order valence-electron chi connectivity index (χ1n) is 39.6. The van der Waals surface area contributed by atoms with Crippen molar-refractivity contribution in [3.05, 3.63) is 0 Å². The zero-order valence-electron chi connectivity index (χ0n) is 61.8. The van der Waals surface area contributed by atoms with Gasteiger partial charge in [-0.2, -0.15) is 0 Å². The first-order chi connectivity index (χ1) is 46.0. The fraction of sp³-hybridized carbons (Fsp3) is 0.947. The molecule has 0 saturated heterocycles. The number of ether oxygens (including phenoxy) is 4. The molecule has 0 aliphatic heterocycles. The molecule has 17 nitrogen and oxygen atoms in total. The van der Waals surface area contributed by atoms with Crippen LogP contribution in [0.2, 0.25) is 0 Å². The highest BCUT2D eigenvalue weighted by Gasteiger charge is 2.30. The second-order valence-corrected chi connectivity index (χ2v) is 30.8. The van der Waals surface area contributed by atoms with E-state index in [1.807, 2.05) is 0 Å². The Morgan fingerprint density at radius 1 is 0.284 bits per heavy atom. The predicted molar refractivity (Wildman–Crippen MR) is 386 cm³/mol. The van der Waals surface area contributed by atoms with Crippen LogP contribution in [0.4, 0.5) is 0 Å². The van der Waals surface area contributed by atoms with Crippen molar-refractivity contribution in [1.29, 1.82) is 0 Å². The van der Waals surface area contributed by atoms with E-state index in [2.05, 4.69) is 34.6 Å². The summed E-state index contributed by atoms with van der Waals surface area (Å²) in [6.07, 6.45) is 58.4. The quantitative estimate of drug-likeness (QED) is 0.0222. The maximum absolute atomic E-state index is 13.1. The van der Waals surface area contributed by atoms with Crippen LogP contribution in [0.3, 0.4) is 0 Å². The molecule has 0 fully saturated rings. The summed E-state index contributed by atoms with van der Waals surface area (Å²) in [7, 11) is -9.90. The molecule has 19 heteroatoms. The Bertz CT molecular complexity index is 1820. The largest absolute Gasteiger partial charge is 0.472 e. The summed E-state index contributed by atoms with van der Waals surface area (Å²) in [5, 5.41) is 10.6. The number of carbonyl (C=O) groups is 4. The number of unbranched alkanes of at least 4 members (excludes halogenated alkanes) is 48. The van der Waals surface area contributed by atoms with Crippen LogP contribution >= 0.6 is 15.6 Å². The number of hydrogen-bond donors (Lipinski definition) is 3. The van der Waals surface area contributed by atoms with Gasteiger partial charge < -0.3 is 33.8 Å². The predicted octanol–water partition coefficient (Wildman–Crippen LogP) is 22.5. The number of phosphoric ester groups is 2. The number of phosphoric acid groups is 2. The van der Waals surface area contributed by atoms with E-state index in [1.54, 1.807) is 0 Å². The molecule has 0 aliphatic rings. The van der Waals surface area contributed by atoms with Gasteiger partial charge in [0, 0.05) is 25.7 Å². The minimum Gasteiger partial charge on any atom is -0.462 e. The van der Waals surface area contributed by atoms with E-state index in [0.717, 1.165) is 109 Å². The lowest BCUT2D eigenvalue weighted by atomic mass is 10.0. The molecule has 0 aromatic carbocycles. The molecular weight excluding hydrogens is 1250 g/mol. The maximum atomic E-state index is 13.1. The van der Waals surface area contributed by atoms with Crippen LogP contribution < -0.4 is 0 Å². The van der Waals surface area contributed by atoms with E-state index in [-0.39, 0.29) is 25.7 Å². The van der Waals surface area contributed by atoms with Crippen LogP contribution in [0.1, 0.15) is 401 Å². The van der Waals surface area contributed by atoms with E-state index < -0.39 is 97.5 Å². The Morgan fingerprint density at radius 3 is 0.716 bits per heavy atom. The number of aliphatic hydroxyl groups is 1. The van der Waals surface area contributed by atoms with Crippen molar-refractivity contribution in [2.45, 2.75) is 419 Å². The summed E-state index contributed by atoms with van der Waals surface area (Å²) in [6, 6.07) is 0. The fourth-order valence-corrected chi connectivity index (χ4v) is 13.3. The third-order valence-electron chi connectivity index (χ3n) is 17.8. The van der Waals surface area contributed by atoms with Gasteiger partial charge in [0.2, 0.25) is 0 Å². The lowest BCUT2D eigenvalue weighted by molar-refractivity contribution is -0.161. The fourth-order valence-electron chi connectivity index (χ4n) is 11.7. The molecule has 0 spiro atoms. The molecule has 0 heterocycles. The van der Waals surface area contributed by atoms with Crippen molar-refractivity contribution < 1.29 is 80.2 Å². The first kappa shape index (κ1) is 93.1. The summed E-state index contributed by atoms with van der Waals surface area (Å²) in [6.45, 7) is 7.27. The van der Waals surface area contributed by atoms with Gasteiger partial charge in [-0.25, -0.2) is 9.13 Å². The summed E-state index contributed by atoms with van der Waals surface area (Å²) >= 11 is 0. The van der Waals surface area contributed by atoms with Crippen molar-refractivity contribution in [1.82, 2.24) is 0 Å². The van der Waals surface area contributed by atoms with Crippen LogP contribution in [0, 0.1) is 5.92 Å². The van der Waals surface area contributed by atoms with Gasteiger partial charge >= 0.3 is 39.5 Å². The second kappa shape index (κ2) is 69.2. The van der Waals surface area contributed by atoms with Crippen molar-refractivity contribution >= 4 is 39.5 Å². The zero-order valence-corrected chi connectivity index (χ0v) is 63.6. The van der Waals surface area contributed by atoms with E-state index in [4.69, 9.17) is 37.0 Å². The van der Waals surface area contributed by atoms with Gasteiger partial charge in [-0.1, -0.05) is 349 Å². The van der Waals surface area contributed by atoms with Gasteiger partial charge in [0.25, 0.3) is 0 Å². The number of aliphatic hydroxyl groups excluding tert-OH is 1. The molecule has 5 atom stereocenters.